The zero-order chi connectivity index (χ0) is 27.9. The molecule has 0 aromatic heterocycles. The molecule has 39 heavy (non-hydrogen) atoms. The number of unbranched alkanes of at least 4 members (excludes halogenated alkanes) is 7. The van der Waals surface area contributed by atoms with Gasteiger partial charge in [-0.25, -0.2) is 0 Å². The van der Waals surface area contributed by atoms with E-state index >= 15 is 0 Å². The molecule has 4 aliphatic carbocycles. The van der Waals surface area contributed by atoms with Crippen molar-refractivity contribution >= 4 is 0 Å². The zero-order valence-corrected chi connectivity index (χ0v) is 26.8. The second-order valence-corrected chi connectivity index (χ2v) is 15.5. The summed E-state index contributed by atoms with van der Waals surface area (Å²) < 4.78 is 18.6. The largest absolute Gasteiger partial charge is 0.378 e. The van der Waals surface area contributed by atoms with E-state index in [-0.39, 0.29) is 6.67 Å². The summed E-state index contributed by atoms with van der Waals surface area (Å²) in [7, 11) is 0. The molecule has 8 atom stereocenters. The lowest BCUT2D eigenvalue weighted by Crippen LogP contribution is -2.51. The molecule has 4 aliphatic rings. The molecular weight excluding hydrogens is 479 g/mol. The maximum absolute atomic E-state index is 12.2. The normalized spacial score (nSPS) is 36.8. The van der Waals surface area contributed by atoms with Gasteiger partial charge in [-0.1, -0.05) is 104 Å². The molecule has 1 unspecified atom stereocenters. The Kier molecular flexibility index (Phi) is 11.9. The van der Waals surface area contributed by atoms with Crippen molar-refractivity contribution in [2.24, 2.45) is 46.3 Å². The van der Waals surface area contributed by atoms with Crippen LogP contribution in [-0.4, -0.2) is 19.4 Å². The number of allylic oxidation sites excluding steroid dienone is 1. The van der Waals surface area contributed by atoms with Crippen molar-refractivity contribution in [3.8, 4) is 0 Å². The van der Waals surface area contributed by atoms with Crippen molar-refractivity contribution in [2.75, 3.05) is 13.3 Å². The van der Waals surface area contributed by atoms with Crippen LogP contribution >= 0.6 is 0 Å². The van der Waals surface area contributed by atoms with Crippen LogP contribution in [0.1, 0.15) is 157 Å². The van der Waals surface area contributed by atoms with Crippen LogP contribution in [0, 0.1) is 46.3 Å². The summed E-state index contributed by atoms with van der Waals surface area (Å²) >= 11 is 0. The van der Waals surface area contributed by atoms with Crippen LogP contribution < -0.4 is 0 Å². The fraction of sp³-hybridized carbons (Fsp3) is 0.946. The first-order chi connectivity index (χ1) is 18.8. The first-order valence-electron chi connectivity index (χ1n) is 17.7. The Balaban J connectivity index is 1.23. The maximum Gasteiger partial charge on any atom is 0.0894 e. The highest BCUT2D eigenvalue weighted by Crippen LogP contribution is 2.67. The monoisotopic (exact) mass is 545 g/mol. The maximum atomic E-state index is 12.2. The molecule has 0 aromatic rings. The first kappa shape index (κ1) is 31.6. The van der Waals surface area contributed by atoms with Gasteiger partial charge >= 0.3 is 0 Å². The van der Waals surface area contributed by atoms with E-state index in [1.165, 1.54) is 109 Å². The molecule has 0 N–H and O–H groups in total. The van der Waals surface area contributed by atoms with Gasteiger partial charge in [0.15, 0.2) is 0 Å². The van der Waals surface area contributed by atoms with Crippen molar-refractivity contribution in [3.63, 3.8) is 0 Å². The number of halogens is 1. The third-order valence-corrected chi connectivity index (χ3v) is 12.6. The minimum absolute atomic E-state index is 0.145. The van der Waals surface area contributed by atoms with E-state index in [4.69, 9.17) is 4.74 Å². The summed E-state index contributed by atoms with van der Waals surface area (Å²) in [4.78, 5) is 0. The third-order valence-electron chi connectivity index (χ3n) is 12.6. The SMILES string of the molecule is CC(C)CCC[C@@H](C)[C@H]1CC[C@H]2[C@@H]3CC=C4CC(OCCCCCCCCCCF)CC[C@]4(C)[C@H]3CC[C@]12C. The van der Waals surface area contributed by atoms with Gasteiger partial charge in [0.2, 0.25) is 0 Å². The Morgan fingerprint density at radius 1 is 0.821 bits per heavy atom. The van der Waals surface area contributed by atoms with Crippen molar-refractivity contribution in [3.05, 3.63) is 11.6 Å². The Hall–Kier alpha value is -0.370. The Morgan fingerprint density at radius 2 is 1.54 bits per heavy atom. The van der Waals surface area contributed by atoms with E-state index in [0.29, 0.717) is 16.9 Å². The molecule has 0 bridgehead atoms. The number of ether oxygens (including phenoxy) is 1. The minimum Gasteiger partial charge on any atom is -0.378 e. The minimum atomic E-state index is -0.145. The van der Waals surface area contributed by atoms with Gasteiger partial charge in [-0.05, 0) is 111 Å². The molecule has 1 nitrogen and oxygen atoms in total. The van der Waals surface area contributed by atoms with E-state index in [1.54, 1.807) is 5.57 Å². The lowest BCUT2D eigenvalue weighted by atomic mass is 9.47. The topological polar surface area (TPSA) is 9.23 Å². The second kappa shape index (κ2) is 14.7. The van der Waals surface area contributed by atoms with Gasteiger partial charge in [0.1, 0.15) is 0 Å². The van der Waals surface area contributed by atoms with Crippen molar-refractivity contribution in [1.29, 1.82) is 0 Å². The summed E-state index contributed by atoms with van der Waals surface area (Å²) in [6.07, 6.45) is 28.0. The number of fused-ring (bicyclic) bond motifs is 5. The van der Waals surface area contributed by atoms with Crippen LogP contribution in [0.2, 0.25) is 0 Å². The van der Waals surface area contributed by atoms with Crippen LogP contribution in [0.25, 0.3) is 0 Å². The van der Waals surface area contributed by atoms with E-state index in [2.05, 4.69) is 40.7 Å². The molecule has 0 aromatic carbocycles. The summed E-state index contributed by atoms with van der Waals surface area (Å²) in [6, 6.07) is 0. The quantitative estimate of drug-likeness (QED) is 0.139. The molecule has 3 fully saturated rings. The Labute approximate surface area is 242 Å². The van der Waals surface area contributed by atoms with Crippen molar-refractivity contribution in [2.45, 2.75) is 163 Å². The van der Waals surface area contributed by atoms with Gasteiger partial charge in [0.05, 0.1) is 12.8 Å². The van der Waals surface area contributed by atoms with Gasteiger partial charge in [0.25, 0.3) is 0 Å². The zero-order valence-electron chi connectivity index (χ0n) is 26.8. The highest BCUT2D eigenvalue weighted by atomic mass is 19.1. The van der Waals surface area contributed by atoms with Crippen LogP contribution in [0.3, 0.4) is 0 Å². The second-order valence-electron chi connectivity index (χ2n) is 15.5. The predicted octanol–water partition coefficient (Wildman–Crippen LogP) is 11.5. The van der Waals surface area contributed by atoms with Gasteiger partial charge in [-0.2, -0.15) is 0 Å². The molecule has 3 saturated carbocycles. The van der Waals surface area contributed by atoms with E-state index in [0.717, 1.165) is 55.0 Å². The summed E-state index contributed by atoms with van der Waals surface area (Å²) in [5, 5.41) is 0. The van der Waals surface area contributed by atoms with E-state index in [9.17, 15) is 4.39 Å². The molecule has 4 rings (SSSR count). The van der Waals surface area contributed by atoms with Gasteiger partial charge in [-0.15, -0.1) is 0 Å². The van der Waals surface area contributed by atoms with Crippen molar-refractivity contribution < 1.29 is 9.13 Å². The molecule has 0 heterocycles. The smallest absolute Gasteiger partial charge is 0.0894 e. The molecule has 0 spiro atoms. The molecule has 2 heteroatoms. The number of hydrogen-bond donors (Lipinski definition) is 0. The summed E-state index contributed by atoms with van der Waals surface area (Å²) in [6.45, 7) is 13.5. The highest BCUT2D eigenvalue weighted by Gasteiger charge is 2.59. The molecule has 0 saturated heterocycles. The first-order valence-corrected chi connectivity index (χ1v) is 17.7. The van der Waals surface area contributed by atoms with Gasteiger partial charge < -0.3 is 4.74 Å². The van der Waals surface area contributed by atoms with Crippen LogP contribution in [0.5, 0.6) is 0 Å². The van der Waals surface area contributed by atoms with Crippen LogP contribution in [-0.2, 0) is 4.74 Å². The molecular formula is C37H65FO. The van der Waals surface area contributed by atoms with Gasteiger partial charge in [-0.3, -0.25) is 4.39 Å². The summed E-state index contributed by atoms with van der Waals surface area (Å²) in [5.74, 6) is 5.52. The Morgan fingerprint density at radius 3 is 2.26 bits per heavy atom. The van der Waals surface area contributed by atoms with Gasteiger partial charge in [0, 0.05) is 6.61 Å². The lowest BCUT2D eigenvalue weighted by Gasteiger charge is -2.58. The number of hydrogen-bond acceptors (Lipinski definition) is 1. The number of rotatable bonds is 16. The van der Waals surface area contributed by atoms with Crippen LogP contribution in [0.4, 0.5) is 4.39 Å². The Bertz CT molecular complexity index is 759. The lowest BCUT2D eigenvalue weighted by molar-refractivity contribution is -0.0641. The molecule has 0 aliphatic heterocycles. The average Bonchev–Trinajstić information content (AvgIpc) is 3.27. The molecule has 0 radical (unpaired) electrons. The molecule has 0 amide bonds. The predicted molar refractivity (Wildman–Crippen MR) is 166 cm³/mol. The fourth-order valence-corrected chi connectivity index (χ4v) is 10.3. The average molecular weight is 545 g/mol. The van der Waals surface area contributed by atoms with E-state index in [1.807, 2.05) is 0 Å². The van der Waals surface area contributed by atoms with Crippen LogP contribution in [0.15, 0.2) is 11.6 Å². The van der Waals surface area contributed by atoms with E-state index < -0.39 is 0 Å². The number of alkyl halides is 1. The summed E-state index contributed by atoms with van der Waals surface area (Å²) in [5.41, 5.74) is 2.80. The standard InChI is InChI=1S/C37H65FO/c1-28(2)15-14-16-29(3)33-19-20-34-32-18-17-30-27-31(39-26-13-11-9-7-6-8-10-12-25-38)21-23-36(30,4)35(32)22-24-37(33,34)5/h17,28-29,31-35H,6-16,18-27H2,1-5H3/t29-,31?,32+,33-,34+,35+,36+,37-/m1/s1. The fourth-order valence-electron chi connectivity index (χ4n) is 10.3. The molecule has 226 valence electrons. The highest BCUT2D eigenvalue weighted by molar-refractivity contribution is 5.25. The van der Waals surface area contributed by atoms with Crippen molar-refractivity contribution in [1.82, 2.24) is 0 Å². The third kappa shape index (κ3) is 7.53.